The second-order valence-electron chi connectivity index (χ2n) is 10.0. The van der Waals surface area contributed by atoms with E-state index in [0.29, 0.717) is 5.92 Å². The molecule has 1 fully saturated rings. The van der Waals surface area contributed by atoms with Gasteiger partial charge >= 0.3 is 7.05 Å². The highest BCUT2D eigenvalue weighted by Gasteiger charge is 2.58. The van der Waals surface area contributed by atoms with Gasteiger partial charge in [-0.2, -0.15) is 0 Å². The van der Waals surface area contributed by atoms with Crippen LogP contribution in [0, 0.1) is 5.92 Å². The van der Waals surface area contributed by atoms with Gasteiger partial charge in [0.25, 0.3) is 0 Å². The zero-order valence-electron chi connectivity index (χ0n) is 21.2. The largest absolute Gasteiger partial charge is 0.419 e. The lowest BCUT2D eigenvalue weighted by Gasteiger charge is -2.41. The molecular weight excluding hydrogens is 413 g/mol. The van der Waals surface area contributed by atoms with Crippen LogP contribution < -0.4 is 5.46 Å². The van der Waals surface area contributed by atoms with Gasteiger partial charge in [0.2, 0.25) is 0 Å². The lowest BCUT2D eigenvalue weighted by molar-refractivity contribution is 0.0736. The van der Waals surface area contributed by atoms with Crippen LogP contribution >= 0.6 is 0 Å². The van der Waals surface area contributed by atoms with E-state index in [9.17, 15) is 0 Å². The summed E-state index contributed by atoms with van der Waals surface area (Å²) in [5, 5.41) is 0. The van der Waals surface area contributed by atoms with E-state index in [1.807, 2.05) is 0 Å². The van der Waals surface area contributed by atoms with Crippen molar-refractivity contribution in [2.24, 2.45) is 5.92 Å². The van der Waals surface area contributed by atoms with Crippen LogP contribution in [0.2, 0.25) is 0 Å². The molecule has 34 heavy (non-hydrogen) atoms. The Hall–Kier alpha value is -2.36. The van der Waals surface area contributed by atoms with Crippen LogP contribution in [0.5, 0.6) is 0 Å². The van der Waals surface area contributed by atoms with Crippen LogP contribution in [0.1, 0.15) is 70.4 Å². The van der Waals surface area contributed by atoms with Crippen molar-refractivity contribution in [3.8, 4) is 0 Å². The van der Waals surface area contributed by atoms with E-state index >= 15 is 0 Å². The second-order valence-corrected chi connectivity index (χ2v) is 10.0. The summed E-state index contributed by atoms with van der Waals surface area (Å²) in [5.41, 5.74) is 3.21. The summed E-state index contributed by atoms with van der Waals surface area (Å²) in [5.74, 6) is 0.425. The van der Waals surface area contributed by atoms with Gasteiger partial charge in [-0.25, -0.2) is 0 Å². The molecule has 1 heterocycles. The summed E-state index contributed by atoms with van der Waals surface area (Å²) in [6.07, 6.45) is 7.81. The van der Waals surface area contributed by atoms with Crippen LogP contribution in [-0.2, 0) is 10.3 Å². The number of hydrogen-bond acceptors (Lipinski definition) is 2. The summed E-state index contributed by atoms with van der Waals surface area (Å²) in [6.45, 7) is 8.05. The second kappa shape index (κ2) is 11.9. The summed E-state index contributed by atoms with van der Waals surface area (Å²) in [4.78, 5) is 2.67. The zero-order valence-corrected chi connectivity index (χ0v) is 21.2. The van der Waals surface area contributed by atoms with E-state index in [1.54, 1.807) is 0 Å². The van der Waals surface area contributed by atoms with E-state index in [2.05, 4.69) is 117 Å². The molecule has 3 aromatic rings. The van der Waals surface area contributed by atoms with Crippen molar-refractivity contribution in [3.05, 3.63) is 102 Å². The third-order valence-electron chi connectivity index (χ3n) is 7.26. The van der Waals surface area contributed by atoms with E-state index in [-0.39, 0.29) is 13.1 Å². The van der Waals surface area contributed by atoms with Gasteiger partial charge in [-0.15, -0.1) is 0 Å². The fraction of sp³-hybridized carbons (Fsp3) is 0.419. The normalized spacial score (nSPS) is 18.0. The van der Waals surface area contributed by atoms with E-state index in [4.69, 9.17) is 4.65 Å². The van der Waals surface area contributed by atoms with Gasteiger partial charge in [0.1, 0.15) is 5.60 Å². The molecule has 0 N–H and O–H groups in total. The molecule has 0 radical (unpaired) electrons. The standard InChI is InChI=1S/C31H40BNO/c1-4-5-6-7-8-18-25-33-30(26(2)3)31(27-19-12-9-13-20-27,28-21-14-10-15-22-28)34-32(33)29-23-16-11-17-24-29/h9-17,19-24,26,30H,4-8,18,25H2,1-3H3. The van der Waals surface area contributed by atoms with Gasteiger partial charge in [0.05, 0.1) is 0 Å². The number of unbranched alkanes of at least 4 members (excludes halogenated alkanes) is 5. The Morgan fingerprint density at radius 3 is 1.76 bits per heavy atom. The summed E-state index contributed by atoms with van der Waals surface area (Å²) in [7, 11) is -0.0651. The topological polar surface area (TPSA) is 12.5 Å². The quantitative estimate of drug-likeness (QED) is 0.228. The van der Waals surface area contributed by atoms with E-state index in [0.717, 1.165) is 6.54 Å². The Morgan fingerprint density at radius 2 is 1.24 bits per heavy atom. The molecule has 1 aliphatic heterocycles. The predicted molar refractivity (Wildman–Crippen MR) is 145 cm³/mol. The smallest absolute Gasteiger partial charge is 0.402 e. The molecule has 1 unspecified atom stereocenters. The first-order chi connectivity index (χ1) is 16.7. The van der Waals surface area contributed by atoms with Crippen LogP contribution in [0.3, 0.4) is 0 Å². The Bertz CT molecular complexity index is 937. The maximum atomic E-state index is 7.32. The molecule has 0 aliphatic carbocycles. The van der Waals surface area contributed by atoms with Crippen LogP contribution in [0.4, 0.5) is 0 Å². The maximum absolute atomic E-state index is 7.32. The molecule has 3 aromatic carbocycles. The first-order valence-corrected chi connectivity index (χ1v) is 13.3. The van der Waals surface area contributed by atoms with Gasteiger partial charge in [-0.1, -0.05) is 144 Å². The fourth-order valence-corrected chi connectivity index (χ4v) is 5.77. The lowest BCUT2D eigenvalue weighted by atomic mass is 9.70. The Labute approximate surface area is 207 Å². The molecular formula is C31H40BNO. The minimum Gasteiger partial charge on any atom is -0.402 e. The third kappa shape index (κ3) is 5.16. The van der Waals surface area contributed by atoms with Crippen molar-refractivity contribution in [1.82, 2.24) is 4.81 Å². The minimum absolute atomic E-state index is 0.0651. The average molecular weight is 453 g/mol. The van der Waals surface area contributed by atoms with Crippen molar-refractivity contribution in [3.63, 3.8) is 0 Å². The van der Waals surface area contributed by atoms with Crippen molar-refractivity contribution < 1.29 is 4.65 Å². The van der Waals surface area contributed by atoms with Gasteiger partial charge < -0.3 is 9.47 Å². The molecule has 178 valence electrons. The average Bonchev–Trinajstić information content (AvgIpc) is 3.24. The monoisotopic (exact) mass is 453 g/mol. The Kier molecular flexibility index (Phi) is 8.64. The van der Waals surface area contributed by atoms with Gasteiger partial charge in [-0.05, 0) is 35.5 Å². The molecule has 4 rings (SSSR count). The highest BCUT2D eigenvalue weighted by molar-refractivity contribution is 6.65. The SMILES string of the molecule is CCCCCCCCN1B(c2ccccc2)OC(c2ccccc2)(c2ccccc2)C1C(C)C. The van der Waals surface area contributed by atoms with Crippen LogP contribution in [-0.4, -0.2) is 24.4 Å². The molecule has 1 saturated heterocycles. The first-order valence-electron chi connectivity index (χ1n) is 13.3. The van der Waals surface area contributed by atoms with Crippen molar-refractivity contribution >= 4 is 12.5 Å². The van der Waals surface area contributed by atoms with Gasteiger partial charge in [-0.3, -0.25) is 0 Å². The maximum Gasteiger partial charge on any atom is 0.419 e. The van der Waals surface area contributed by atoms with Crippen LogP contribution in [0.15, 0.2) is 91.0 Å². The molecule has 0 bridgehead atoms. The van der Waals surface area contributed by atoms with Gasteiger partial charge in [0, 0.05) is 6.04 Å². The van der Waals surface area contributed by atoms with Crippen LogP contribution in [0.25, 0.3) is 0 Å². The van der Waals surface area contributed by atoms with Crippen molar-refractivity contribution in [2.45, 2.75) is 70.9 Å². The Balaban J connectivity index is 1.76. The highest BCUT2D eigenvalue weighted by atomic mass is 16.5. The molecule has 1 atom stereocenters. The zero-order chi connectivity index (χ0) is 23.8. The third-order valence-corrected chi connectivity index (χ3v) is 7.26. The minimum atomic E-state index is -0.514. The van der Waals surface area contributed by atoms with Gasteiger partial charge in [0.15, 0.2) is 0 Å². The summed E-state index contributed by atoms with van der Waals surface area (Å²) < 4.78 is 7.32. The molecule has 0 aromatic heterocycles. The molecule has 0 amide bonds. The molecule has 1 aliphatic rings. The number of nitrogens with zero attached hydrogens (tertiary/aromatic N) is 1. The van der Waals surface area contributed by atoms with Crippen molar-refractivity contribution in [1.29, 1.82) is 0 Å². The summed E-state index contributed by atoms with van der Waals surface area (Å²) in [6, 6.07) is 32.8. The van der Waals surface area contributed by atoms with Crippen molar-refractivity contribution in [2.75, 3.05) is 6.54 Å². The molecule has 0 spiro atoms. The lowest BCUT2D eigenvalue weighted by Crippen LogP contribution is -2.51. The molecule has 3 heteroatoms. The van der Waals surface area contributed by atoms with E-state index in [1.165, 1.54) is 55.1 Å². The highest BCUT2D eigenvalue weighted by Crippen LogP contribution is 2.47. The molecule has 2 nitrogen and oxygen atoms in total. The summed E-state index contributed by atoms with van der Waals surface area (Å²) >= 11 is 0. The Morgan fingerprint density at radius 1 is 0.735 bits per heavy atom. The number of benzene rings is 3. The predicted octanol–water partition coefficient (Wildman–Crippen LogP) is 7.04. The first kappa shape index (κ1) is 24.8. The molecule has 0 saturated carbocycles. The number of rotatable bonds is 11. The van der Waals surface area contributed by atoms with E-state index < -0.39 is 5.60 Å². The fourth-order valence-electron chi connectivity index (χ4n) is 5.77. The number of hydrogen-bond donors (Lipinski definition) is 0.